The van der Waals surface area contributed by atoms with Crippen LogP contribution in [0.5, 0.6) is 28.7 Å². The number of benzene rings is 2. The maximum atomic E-state index is 13.9. The van der Waals surface area contributed by atoms with Gasteiger partial charge >= 0.3 is 5.97 Å². The average Bonchev–Trinajstić information content (AvgIpc) is 3.00. The van der Waals surface area contributed by atoms with E-state index in [0.29, 0.717) is 6.07 Å². The molecule has 1 aromatic heterocycles. The minimum absolute atomic E-state index is 0.0240. The molecule has 2 fully saturated rings. The van der Waals surface area contributed by atoms with E-state index < -0.39 is 119 Å². The van der Waals surface area contributed by atoms with Gasteiger partial charge in [-0.15, -0.1) is 0 Å². The topological polar surface area (TPSA) is 307 Å². The fourth-order valence-corrected chi connectivity index (χ4v) is 4.87. The number of fused-ring (bicyclic) bond motifs is 1. The number of carboxylic acid groups (broad SMARTS) is 1. The number of carbonyl (C=O) groups is 1. The van der Waals surface area contributed by atoms with E-state index in [0.717, 1.165) is 0 Å². The van der Waals surface area contributed by atoms with E-state index in [1.807, 2.05) is 0 Å². The van der Waals surface area contributed by atoms with Gasteiger partial charge in [0.05, 0.1) is 6.61 Å². The number of aliphatic hydroxyl groups is 7. The molecule has 0 bridgehead atoms. The summed E-state index contributed by atoms with van der Waals surface area (Å²) in [5.74, 6) is -5.88. The number of rotatable bonds is 7. The Balaban J connectivity index is 1.67. The second-order valence-corrected chi connectivity index (χ2v) is 10.3. The van der Waals surface area contributed by atoms with Crippen LogP contribution in [-0.2, 0) is 14.3 Å². The van der Waals surface area contributed by atoms with Gasteiger partial charge < -0.3 is 79.5 Å². The van der Waals surface area contributed by atoms with E-state index in [-0.39, 0.29) is 11.3 Å². The molecule has 2 aliphatic rings. The molecular weight excluding hydrogens is 612 g/mol. The van der Waals surface area contributed by atoms with Crippen molar-refractivity contribution in [1.82, 2.24) is 0 Å². The fourth-order valence-electron chi connectivity index (χ4n) is 4.87. The van der Waals surface area contributed by atoms with E-state index in [4.69, 9.17) is 23.4 Å². The SMILES string of the molecule is O=C(O)[C@H]1O[C@@H](Oc2c(-c3ccc(O)cc3)oc3c(O[C@@H]4O[C@H](CO)[C@@H](O)[C@H](O)[C@H]4O)c(O)cc(O)c3c2=O)[C@H](O)[C@@H](O)[C@@H]1O. The zero-order valence-electron chi connectivity index (χ0n) is 22.6. The first-order valence-electron chi connectivity index (χ1n) is 13.2. The Bertz CT molecular complexity index is 1620. The molecule has 2 aromatic carbocycles. The first kappa shape index (κ1) is 32.2. The number of ether oxygens (including phenoxy) is 4. The lowest BCUT2D eigenvalue weighted by atomic mass is 9.99. The number of aliphatic hydroxyl groups excluding tert-OH is 7. The van der Waals surface area contributed by atoms with Crippen molar-refractivity contribution in [2.24, 2.45) is 0 Å². The molecule has 10 atom stereocenters. The van der Waals surface area contributed by atoms with Gasteiger partial charge in [0.25, 0.3) is 0 Å². The van der Waals surface area contributed by atoms with Crippen molar-refractivity contribution < 1.29 is 84.3 Å². The Morgan fingerprint density at radius 2 is 1.33 bits per heavy atom. The number of phenolic OH excluding ortho intramolecular Hbond substituents is 3. The molecule has 0 radical (unpaired) electrons. The summed E-state index contributed by atoms with van der Waals surface area (Å²) in [5.41, 5.74) is -1.96. The predicted molar refractivity (Wildman–Crippen MR) is 142 cm³/mol. The van der Waals surface area contributed by atoms with Crippen LogP contribution in [-0.4, -0.2) is 130 Å². The molecule has 2 aliphatic heterocycles. The monoisotopic (exact) mass is 640 g/mol. The Labute approximate surface area is 250 Å². The number of hydrogen-bond donors (Lipinski definition) is 11. The number of hydrogen-bond acceptors (Lipinski definition) is 17. The van der Waals surface area contributed by atoms with Crippen molar-refractivity contribution in [1.29, 1.82) is 0 Å². The molecule has 0 spiro atoms. The van der Waals surface area contributed by atoms with E-state index in [1.54, 1.807) is 0 Å². The minimum atomic E-state index is -2.11. The number of aromatic hydroxyl groups is 3. The molecule has 0 unspecified atom stereocenters. The highest BCUT2D eigenvalue weighted by Gasteiger charge is 2.49. The molecule has 0 saturated carbocycles. The molecule has 0 aliphatic carbocycles. The fraction of sp³-hybridized carbons (Fsp3) is 0.407. The summed E-state index contributed by atoms with van der Waals surface area (Å²) < 4.78 is 27.3. The van der Waals surface area contributed by atoms with Gasteiger partial charge in [0.2, 0.25) is 29.5 Å². The summed E-state index contributed by atoms with van der Waals surface area (Å²) in [6.45, 7) is -0.822. The lowest BCUT2D eigenvalue weighted by Gasteiger charge is -2.39. The largest absolute Gasteiger partial charge is 0.508 e. The van der Waals surface area contributed by atoms with Crippen molar-refractivity contribution >= 4 is 16.9 Å². The van der Waals surface area contributed by atoms with Crippen molar-refractivity contribution in [3.63, 3.8) is 0 Å². The molecule has 2 saturated heterocycles. The standard InChI is InChI=1S/C27H28O18/c28-6-11-13(32)15(34)18(37)26(41-11)43-21-10(31)5-9(30)12-14(33)23(20(42-22(12)21)7-1-3-8(29)4-2-7)44-27-19(38)16(35)17(36)24(45-27)25(39)40/h1-5,11,13,15-19,24,26-32,34-38H,6H2,(H,39,40)/t11-,13-,15+,16+,17+,18-,19-,24+,26+,27-/m1/s1. The molecule has 18 nitrogen and oxygen atoms in total. The summed E-state index contributed by atoms with van der Waals surface area (Å²) in [7, 11) is 0. The van der Waals surface area contributed by atoms with E-state index in [9.17, 15) is 65.8 Å². The zero-order chi connectivity index (χ0) is 32.9. The molecule has 45 heavy (non-hydrogen) atoms. The van der Waals surface area contributed by atoms with E-state index in [1.165, 1.54) is 24.3 Å². The first-order chi connectivity index (χ1) is 21.2. The molecule has 244 valence electrons. The van der Waals surface area contributed by atoms with E-state index in [2.05, 4.69) is 0 Å². The quantitative estimate of drug-likeness (QED) is 0.123. The average molecular weight is 641 g/mol. The third-order valence-electron chi connectivity index (χ3n) is 7.30. The van der Waals surface area contributed by atoms with Gasteiger partial charge in [-0.25, -0.2) is 4.79 Å². The summed E-state index contributed by atoms with van der Waals surface area (Å²) in [4.78, 5) is 25.5. The summed E-state index contributed by atoms with van der Waals surface area (Å²) in [5, 5.41) is 111. The number of aliphatic carboxylic acids is 1. The van der Waals surface area contributed by atoms with Crippen LogP contribution in [0.1, 0.15) is 0 Å². The van der Waals surface area contributed by atoms with Crippen molar-refractivity contribution in [3.8, 4) is 40.1 Å². The van der Waals surface area contributed by atoms with Crippen LogP contribution in [0, 0.1) is 0 Å². The van der Waals surface area contributed by atoms with Gasteiger partial charge in [0, 0.05) is 11.6 Å². The van der Waals surface area contributed by atoms with E-state index >= 15 is 0 Å². The summed E-state index contributed by atoms with van der Waals surface area (Å²) in [6, 6.07) is 5.42. The van der Waals surface area contributed by atoms with Crippen LogP contribution in [0.2, 0.25) is 0 Å². The normalized spacial score (nSPS) is 31.9. The molecule has 0 amide bonds. The molecular formula is C27H28O18. The molecule has 5 rings (SSSR count). The Kier molecular flexibility index (Phi) is 8.77. The highest BCUT2D eigenvalue weighted by atomic mass is 16.7. The third-order valence-corrected chi connectivity index (χ3v) is 7.30. The van der Waals surface area contributed by atoms with Gasteiger partial charge in [-0.05, 0) is 24.3 Å². The van der Waals surface area contributed by atoms with Gasteiger partial charge in [-0.3, -0.25) is 4.79 Å². The van der Waals surface area contributed by atoms with Crippen LogP contribution >= 0.6 is 0 Å². The zero-order valence-corrected chi connectivity index (χ0v) is 22.6. The molecule has 18 heteroatoms. The van der Waals surface area contributed by atoms with Crippen molar-refractivity contribution in [3.05, 3.63) is 40.6 Å². The summed E-state index contributed by atoms with van der Waals surface area (Å²) >= 11 is 0. The van der Waals surface area contributed by atoms with Crippen LogP contribution in [0.3, 0.4) is 0 Å². The van der Waals surface area contributed by atoms with Crippen molar-refractivity contribution in [2.45, 2.75) is 61.4 Å². The maximum Gasteiger partial charge on any atom is 0.335 e. The van der Waals surface area contributed by atoms with Crippen LogP contribution in [0.15, 0.2) is 39.5 Å². The first-order valence-corrected chi connectivity index (χ1v) is 13.2. The minimum Gasteiger partial charge on any atom is -0.508 e. The van der Waals surface area contributed by atoms with Crippen LogP contribution < -0.4 is 14.9 Å². The van der Waals surface area contributed by atoms with Gasteiger partial charge in [-0.2, -0.15) is 0 Å². The number of phenols is 3. The Morgan fingerprint density at radius 3 is 1.93 bits per heavy atom. The third kappa shape index (κ3) is 5.70. The second kappa shape index (κ2) is 12.3. The maximum absolute atomic E-state index is 13.9. The second-order valence-electron chi connectivity index (χ2n) is 10.3. The van der Waals surface area contributed by atoms with Gasteiger partial charge in [0.1, 0.15) is 59.6 Å². The summed E-state index contributed by atoms with van der Waals surface area (Å²) in [6.07, 6.45) is -19.5. The highest BCUT2D eigenvalue weighted by Crippen LogP contribution is 2.44. The molecule has 3 aromatic rings. The predicted octanol–water partition coefficient (Wildman–Crippen LogP) is -2.97. The smallest absolute Gasteiger partial charge is 0.335 e. The lowest BCUT2D eigenvalue weighted by Crippen LogP contribution is -2.61. The number of carboxylic acids is 1. The Morgan fingerprint density at radius 1 is 0.756 bits per heavy atom. The van der Waals surface area contributed by atoms with Crippen molar-refractivity contribution in [2.75, 3.05) is 6.61 Å². The highest BCUT2D eigenvalue weighted by molar-refractivity contribution is 5.93. The molecule has 3 heterocycles. The van der Waals surface area contributed by atoms with Crippen LogP contribution in [0.25, 0.3) is 22.3 Å². The molecule has 11 N–H and O–H groups in total. The van der Waals surface area contributed by atoms with Gasteiger partial charge in [-0.1, -0.05) is 0 Å². The lowest BCUT2D eigenvalue weighted by molar-refractivity contribution is -0.277. The van der Waals surface area contributed by atoms with Gasteiger partial charge in [0.15, 0.2) is 23.2 Å². The Hall–Kier alpha value is -4.24. The van der Waals surface area contributed by atoms with Crippen LogP contribution in [0.4, 0.5) is 0 Å².